The van der Waals surface area contributed by atoms with Gasteiger partial charge in [-0.1, -0.05) is 19.3 Å². The molecule has 1 fully saturated rings. The number of rotatable bonds is 6. The first-order valence-corrected chi connectivity index (χ1v) is 7.75. The molecule has 0 heterocycles. The van der Waals surface area contributed by atoms with Crippen LogP contribution in [0.3, 0.4) is 0 Å². The van der Waals surface area contributed by atoms with Crippen molar-refractivity contribution >= 4 is 11.6 Å². The number of benzene rings is 1. The Labute approximate surface area is 135 Å². The average molecular weight is 322 g/mol. The summed E-state index contributed by atoms with van der Waals surface area (Å²) in [5, 5.41) is 14.0. The summed E-state index contributed by atoms with van der Waals surface area (Å²) in [7, 11) is 2.82. The average Bonchev–Trinajstić information content (AvgIpc) is 2.59. The summed E-state index contributed by atoms with van der Waals surface area (Å²) in [4.78, 5) is 23.0. The second kappa shape index (κ2) is 7.80. The molecule has 0 aliphatic heterocycles. The summed E-state index contributed by atoms with van der Waals surface area (Å²) in [6, 6.07) is 2.57. The second-order valence-corrected chi connectivity index (χ2v) is 5.70. The van der Waals surface area contributed by atoms with Crippen LogP contribution in [0.5, 0.6) is 11.5 Å². The van der Waals surface area contributed by atoms with Crippen molar-refractivity contribution in [3.63, 3.8) is 0 Å². The van der Waals surface area contributed by atoms with Crippen LogP contribution in [0.1, 0.15) is 42.5 Å². The number of carbonyl (C=O) groups is 1. The monoisotopic (exact) mass is 322 g/mol. The van der Waals surface area contributed by atoms with Gasteiger partial charge in [0.05, 0.1) is 25.2 Å². The smallest absolute Gasteiger partial charge is 0.286 e. The molecule has 0 saturated heterocycles. The minimum atomic E-state index is -0.586. The quantitative estimate of drug-likeness (QED) is 0.642. The third-order valence-electron chi connectivity index (χ3n) is 4.22. The molecule has 1 N–H and O–H groups in total. The number of nitro benzene ring substituents is 1. The fourth-order valence-electron chi connectivity index (χ4n) is 2.92. The molecule has 1 amide bonds. The van der Waals surface area contributed by atoms with Crippen molar-refractivity contribution < 1.29 is 19.2 Å². The molecule has 1 aliphatic carbocycles. The fourth-order valence-corrected chi connectivity index (χ4v) is 2.92. The zero-order chi connectivity index (χ0) is 16.8. The van der Waals surface area contributed by atoms with Crippen molar-refractivity contribution in [2.75, 3.05) is 20.8 Å². The lowest BCUT2D eigenvalue weighted by Gasteiger charge is -2.21. The number of nitro groups is 1. The predicted octanol–water partition coefficient (Wildman–Crippen LogP) is 2.92. The van der Waals surface area contributed by atoms with Crippen LogP contribution >= 0.6 is 0 Å². The molecular weight excluding hydrogens is 300 g/mol. The number of hydrogen-bond donors (Lipinski definition) is 1. The fraction of sp³-hybridized carbons (Fsp3) is 0.562. The third kappa shape index (κ3) is 4.12. The lowest BCUT2D eigenvalue weighted by atomic mass is 9.89. The maximum atomic E-state index is 12.4. The molecule has 1 saturated carbocycles. The van der Waals surface area contributed by atoms with E-state index in [0.29, 0.717) is 18.2 Å². The molecule has 0 bridgehead atoms. The van der Waals surface area contributed by atoms with Gasteiger partial charge in [0.1, 0.15) is 5.56 Å². The van der Waals surface area contributed by atoms with Gasteiger partial charge in [0.2, 0.25) is 0 Å². The van der Waals surface area contributed by atoms with Crippen molar-refractivity contribution in [2.24, 2.45) is 5.92 Å². The summed E-state index contributed by atoms with van der Waals surface area (Å²) in [6.45, 7) is 0.546. The molecule has 23 heavy (non-hydrogen) atoms. The first-order chi connectivity index (χ1) is 11.1. The number of nitrogens with one attached hydrogen (secondary N) is 1. The van der Waals surface area contributed by atoms with E-state index in [2.05, 4.69) is 5.32 Å². The van der Waals surface area contributed by atoms with E-state index in [4.69, 9.17) is 9.47 Å². The van der Waals surface area contributed by atoms with Crippen LogP contribution in [0.15, 0.2) is 12.1 Å². The van der Waals surface area contributed by atoms with Crippen molar-refractivity contribution in [3.8, 4) is 11.5 Å². The van der Waals surface area contributed by atoms with Gasteiger partial charge in [-0.25, -0.2) is 0 Å². The molecule has 7 heteroatoms. The highest BCUT2D eigenvalue weighted by atomic mass is 16.6. The van der Waals surface area contributed by atoms with Crippen molar-refractivity contribution in [1.29, 1.82) is 0 Å². The Morgan fingerprint density at radius 1 is 1.22 bits per heavy atom. The van der Waals surface area contributed by atoms with E-state index in [9.17, 15) is 14.9 Å². The van der Waals surface area contributed by atoms with Gasteiger partial charge in [0, 0.05) is 12.6 Å². The van der Waals surface area contributed by atoms with Gasteiger partial charge in [-0.15, -0.1) is 0 Å². The minimum absolute atomic E-state index is 0.0107. The largest absolute Gasteiger partial charge is 0.493 e. The standard InChI is InChI=1S/C16H22N2O5/c1-22-14-8-12(13(18(20)21)9-15(14)23-2)16(19)17-10-11-6-4-3-5-7-11/h8-9,11H,3-7,10H2,1-2H3,(H,17,19). The molecule has 126 valence electrons. The van der Waals surface area contributed by atoms with Crippen LogP contribution in [0.2, 0.25) is 0 Å². The Bertz CT molecular complexity index is 582. The molecule has 1 aliphatic rings. The maximum absolute atomic E-state index is 12.4. The molecule has 0 aromatic heterocycles. The van der Waals surface area contributed by atoms with Gasteiger partial charge >= 0.3 is 0 Å². The maximum Gasteiger partial charge on any atom is 0.286 e. The second-order valence-electron chi connectivity index (χ2n) is 5.70. The number of carbonyl (C=O) groups excluding carboxylic acids is 1. The topological polar surface area (TPSA) is 90.7 Å². The minimum Gasteiger partial charge on any atom is -0.493 e. The number of hydrogen-bond acceptors (Lipinski definition) is 5. The van der Waals surface area contributed by atoms with Crippen LogP contribution in [0, 0.1) is 16.0 Å². The van der Waals surface area contributed by atoms with Gasteiger partial charge in [-0.05, 0) is 18.8 Å². The number of amides is 1. The summed E-state index contributed by atoms with van der Waals surface area (Å²) >= 11 is 0. The zero-order valence-electron chi connectivity index (χ0n) is 13.5. The van der Waals surface area contributed by atoms with Gasteiger partial charge in [-0.2, -0.15) is 0 Å². The molecular formula is C16H22N2O5. The van der Waals surface area contributed by atoms with E-state index in [1.165, 1.54) is 45.6 Å². The molecule has 2 rings (SSSR count). The van der Waals surface area contributed by atoms with Crippen molar-refractivity contribution in [1.82, 2.24) is 5.32 Å². The van der Waals surface area contributed by atoms with E-state index < -0.39 is 10.8 Å². The number of ether oxygens (including phenoxy) is 2. The van der Waals surface area contributed by atoms with Gasteiger partial charge < -0.3 is 14.8 Å². The summed E-state index contributed by atoms with van der Waals surface area (Å²) in [5.74, 6) is 0.513. The Hall–Kier alpha value is -2.31. The SMILES string of the molecule is COc1cc(C(=O)NCC2CCCCC2)c([N+](=O)[O-])cc1OC. The van der Waals surface area contributed by atoms with Crippen LogP contribution in [-0.4, -0.2) is 31.6 Å². The number of methoxy groups -OCH3 is 2. The van der Waals surface area contributed by atoms with Crippen LogP contribution in [-0.2, 0) is 0 Å². The normalized spacial score (nSPS) is 15.0. The molecule has 0 radical (unpaired) electrons. The van der Waals surface area contributed by atoms with E-state index in [1.54, 1.807) is 0 Å². The van der Waals surface area contributed by atoms with E-state index in [1.807, 2.05) is 0 Å². The lowest BCUT2D eigenvalue weighted by Crippen LogP contribution is -2.30. The molecule has 0 atom stereocenters. The summed E-state index contributed by atoms with van der Waals surface area (Å²) < 4.78 is 10.2. The van der Waals surface area contributed by atoms with E-state index in [-0.39, 0.29) is 17.0 Å². The summed E-state index contributed by atoms with van der Waals surface area (Å²) in [6.07, 6.45) is 5.78. The van der Waals surface area contributed by atoms with Crippen LogP contribution < -0.4 is 14.8 Å². The Balaban J connectivity index is 2.18. The zero-order valence-corrected chi connectivity index (χ0v) is 13.5. The highest BCUT2D eigenvalue weighted by Crippen LogP contribution is 2.34. The molecule has 0 unspecified atom stereocenters. The van der Waals surface area contributed by atoms with E-state index >= 15 is 0 Å². The van der Waals surface area contributed by atoms with Gasteiger partial charge in [0.25, 0.3) is 11.6 Å². The Morgan fingerprint density at radius 2 is 1.83 bits per heavy atom. The highest BCUT2D eigenvalue weighted by Gasteiger charge is 2.25. The molecule has 7 nitrogen and oxygen atoms in total. The van der Waals surface area contributed by atoms with Gasteiger partial charge in [-0.3, -0.25) is 14.9 Å². The lowest BCUT2D eigenvalue weighted by molar-refractivity contribution is -0.385. The van der Waals surface area contributed by atoms with Crippen LogP contribution in [0.25, 0.3) is 0 Å². The molecule has 0 spiro atoms. The van der Waals surface area contributed by atoms with Crippen LogP contribution in [0.4, 0.5) is 5.69 Å². The van der Waals surface area contributed by atoms with Crippen molar-refractivity contribution in [3.05, 3.63) is 27.8 Å². The Morgan fingerprint density at radius 3 is 2.39 bits per heavy atom. The number of nitrogens with zero attached hydrogens (tertiary/aromatic N) is 1. The molecule has 1 aromatic carbocycles. The van der Waals surface area contributed by atoms with E-state index in [0.717, 1.165) is 12.8 Å². The summed E-state index contributed by atoms with van der Waals surface area (Å²) in [5.41, 5.74) is -0.299. The predicted molar refractivity (Wildman–Crippen MR) is 85.1 cm³/mol. The van der Waals surface area contributed by atoms with Gasteiger partial charge in [0.15, 0.2) is 11.5 Å². The first kappa shape index (κ1) is 17.1. The third-order valence-corrected chi connectivity index (χ3v) is 4.22. The van der Waals surface area contributed by atoms with Crippen molar-refractivity contribution in [2.45, 2.75) is 32.1 Å². The molecule has 1 aromatic rings. The first-order valence-electron chi connectivity index (χ1n) is 7.75. The highest BCUT2D eigenvalue weighted by molar-refractivity contribution is 5.99. The Kier molecular flexibility index (Phi) is 5.78.